The zero-order valence-electron chi connectivity index (χ0n) is 50.6. The number of carbonyl (C=O) groups is 3. The molecule has 19 nitrogen and oxygen atoms in total. The van der Waals surface area contributed by atoms with E-state index in [9.17, 15) is 52.2 Å². The van der Waals surface area contributed by atoms with Crippen LogP contribution in [0.3, 0.4) is 0 Å². The molecule has 0 radical (unpaired) electrons. The summed E-state index contributed by atoms with van der Waals surface area (Å²) in [6, 6.07) is 27.9. The Morgan fingerprint density at radius 3 is 1.51 bits per heavy atom. The summed E-state index contributed by atoms with van der Waals surface area (Å²) in [4.78, 5) is 90.0. The molecule has 0 unspecified atom stereocenters. The lowest BCUT2D eigenvalue weighted by atomic mass is 10.0. The molecule has 4 N–H and O–H groups in total. The number of pyridine rings is 6. The molecule has 0 atom stereocenters. The normalized spacial score (nSPS) is 11.2. The zero-order valence-corrected chi connectivity index (χ0v) is 52.1. The Morgan fingerprint density at radius 2 is 1.03 bits per heavy atom. The van der Waals surface area contributed by atoms with Gasteiger partial charge in [-0.1, -0.05) is 72.8 Å². The van der Waals surface area contributed by atoms with Crippen LogP contribution in [0.25, 0.3) is 43.9 Å². The van der Waals surface area contributed by atoms with E-state index in [0.29, 0.717) is 45.8 Å². The molecular formula is C70H59BrF3N7O12. The van der Waals surface area contributed by atoms with Crippen molar-refractivity contribution in [2.45, 2.75) is 60.1 Å². The Hall–Kier alpha value is -10.8. The minimum atomic E-state index is -0.882. The van der Waals surface area contributed by atoms with Crippen molar-refractivity contribution < 1.29 is 57.1 Å². The van der Waals surface area contributed by atoms with Gasteiger partial charge in [0.05, 0.1) is 36.4 Å². The summed E-state index contributed by atoms with van der Waals surface area (Å²) in [5, 5.41) is 34.0. The second-order valence-electron chi connectivity index (χ2n) is 21.4. The molecule has 4 aromatic carbocycles. The molecule has 0 fully saturated rings. The van der Waals surface area contributed by atoms with Crippen molar-refractivity contribution in [3.05, 3.63) is 267 Å². The average Bonchev–Trinajstić information content (AvgIpc) is 1.66. The lowest BCUT2D eigenvalue weighted by molar-refractivity contribution is 0.0509. The average molecular weight is 1330 g/mol. The van der Waals surface area contributed by atoms with Gasteiger partial charge in [0.15, 0.2) is 28.4 Å². The first kappa shape index (κ1) is 65.2. The molecule has 0 saturated carbocycles. The van der Waals surface area contributed by atoms with Crippen LogP contribution in [0.2, 0.25) is 0 Å². The smallest absolute Gasteiger partial charge is 0.347 e. The van der Waals surface area contributed by atoms with Crippen LogP contribution in [0.4, 0.5) is 13.2 Å². The molecule has 93 heavy (non-hydrogen) atoms. The maximum absolute atomic E-state index is 13.6. The molecule has 12 aromatic rings. The van der Waals surface area contributed by atoms with E-state index in [-0.39, 0.29) is 79.3 Å². The van der Waals surface area contributed by atoms with Gasteiger partial charge >= 0.3 is 11.9 Å². The molecule has 474 valence electrons. The number of allylic oxidation sites excluding steroid dienone is 1. The molecule has 0 aliphatic heterocycles. The number of hydrogen-bond acceptors (Lipinski definition) is 15. The van der Waals surface area contributed by atoms with Gasteiger partial charge in [-0.25, -0.2) is 22.8 Å². The zero-order chi connectivity index (χ0) is 66.4. The summed E-state index contributed by atoms with van der Waals surface area (Å²) in [7, 11) is 0. The number of nitrogens with zero attached hydrogens (tertiary/aromatic N) is 6. The Balaban J connectivity index is 0.000000154. The summed E-state index contributed by atoms with van der Waals surface area (Å²) in [5.74, 6) is -4.30. The second-order valence-corrected chi connectivity index (χ2v) is 22.2. The second kappa shape index (κ2) is 28.2. The summed E-state index contributed by atoms with van der Waals surface area (Å²) in [6.45, 7) is 10.8. The fraction of sp³-hybridized carbons (Fsp3) is 0.186. The molecule has 23 heteroatoms. The lowest BCUT2D eigenvalue weighted by Crippen LogP contribution is -2.32. The van der Waals surface area contributed by atoms with Crippen molar-refractivity contribution in [1.29, 1.82) is 0 Å². The third kappa shape index (κ3) is 13.2. The van der Waals surface area contributed by atoms with Crippen molar-refractivity contribution in [1.82, 2.24) is 33.6 Å². The van der Waals surface area contributed by atoms with Gasteiger partial charge in [-0.15, -0.1) is 6.58 Å². The number of aliphatic hydroxyl groups is 1. The molecule has 12 rings (SSSR count). The third-order valence-electron chi connectivity index (χ3n) is 15.2. The lowest BCUT2D eigenvalue weighted by Gasteiger charge is -2.19. The largest absolute Gasteiger partial charge is 0.505 e. The van der Waals surface area contributed by atoms with Crippen LogP contribution in [0.5, 0.6) is 17.2 Å². The number of aryl methyl sites for hydroxylation is 2. The number of hydrogen-bond donors (Lipinski definition) is 4. The topological polar surface area (TPSA) is 255 Å². The number of fused-ring (bicyclic) bond motifs is 1. The van der Waals surface area contributed by atoms with Crippen molar-refractivity contribution in [2.24, 2.45) is 0 Å². The summed E-state index contributed by atoms with van der Waals surface area (Å²) >= 11 is 3.65. The summed E-state index contributed by atoms with van der Waals surface area (Å²) in [6.07, 6.45) is 11.1. The van der Waals surface area contributed by atoms with Crippen LogP contribution in [0.15, 0.2) is 166 Å². The van der Waals surface area contributed by atoms with E-state index in [0.717, 1.165) is 60.8 Å². The Kier molecular flexibility index (Phi) is 19.7. The minimum absolute atomic E-state index is 0.0418. The fourth-order valence-electron chi connectivity index (χ4n) is 11.1. The molecule has 0 aliphatic carbocycles. The quantitative estimate of drug-likeness (QED) is 0.0460. The summed E-state index contributed by atoms with van der Waals surface area (Å²) in [5.41, 5.74) is 6.60. The first-order valence-electron chi connectivity index (χ1n) is 29.2. The van der Waals surface area contributed by atoms with Gasteiger partial charge in [-0.05, 0) is 143 Å². The number of aliphatic hydroxyl groups excluding tert-OH is 1. The number of benzene rings is 4. The minimum Gasteiger partial charge on any atom is -0.505 e. The monoisotopic (exact) mass is 1330 g/mol. The molecule has 0 saturated heterocycles. The molecular weight excluding hydrogens is 1270 g/mol. The standard InChI is InChI=1S/C28H24BrFN2O4.C21H18FN3O4.C21H17FN2O4/c1-3-14-32-25-23(29)20(15-18-10-12-21(30)13-11-18)16-31-24(25)26(22(27(32)33)28(34)35-4-2)36-17-19-8-6-5-7-9-19;1-11-10-25-18-15(11)13(8-12-2-4-14(22)5-3-12)9-24-17(18)19(27)16(21(25)29)20(28)23-6-7-26;1-3-28-21(27)16-19(25)17-18-15(11(2)10-24(18)20(16)26)13(9-23-17)8-12-4-6-14(22)7-5-12/h3,5-13,16H,1,4,14-15,17H2,2H3;2-5,9-10,26-27H,6-8H2,1H3,(H,23,28);4-7,9-10,25H,3,8H2,1-2H3. The molecule has 8 aromatic heterocycles. The molecule has 0 bridgehead atoms. The Morgan fingerprint density at radius 1 is 0.591 bits per heavy atom. The van der Waals surface area contributed by atoms with E-state index in [2.05, 4.69) is 42.8 Å². The number of amides is 1. The first-order chi connectivity index (χ1) is 44.8. The molecule has 1 amide bonds. The van der Waals surface area contributed by atoms with Gasteiger partial charge < -0.3 is 39.4 Å². The van der Waals surface area contributed by atoms with E-state index in [4.69, 9.17) is 19.3 Å². The van der Waals surface area contributed by atoms with E-state index < -0.39 is 57.1 Å². The predicted molar refractivity (Wildman–Crippen MR) is 347 cm³/mol. The first-order valence-corrected chi connectivity index (χ1v) is 30.0. The van der Waals surface area contributed by atoms with Crippen LogP contribution < -0.4 is 26.7 Å². The van der Waals surface area contributed by atoms with Crippen LogP contribution in [0.1, 0.15) is 95.0 Å². The maximum Gasteiger partial charge on any atom is 0.347 e. The van der Waals surface area contributed by atoms with Crippen LogP contribution in [-0.2, 0) is 41.9 Å². The van der Waals surface area contributed by atoms with Gasteiger partial charge in [0.1, 0.15) is 46.2 Å². The fourth-order valence-corrected chi connectivity index (χ4v) is 11.7. The van der Waals surface area contributed by atoms with Crippen LogP contribution in [-0.4, -0.2) is 87.9 Å². The molecule has 8 heterocycles. The van der Waals surface area contributed by atoms with Gasteiger partial charge in [-0.3, -0.25) is 42.9 Å². The predicted octanol–water partition coefficient (Wildman–Crippen LogP) is 10.8. The third-order valence-corrected chi connectivity index (χ3v) is 16.1. The highest BCUT2D eigenvalue weighted by atomic mass is 79.9. The number of halogens is 4. The van der Waals surface area contributed by atoms with Crippen molar-refractivity contribution in [3.8, 4) is 17.2 Å². The number of aromatic nitrogens is 6. The van der Waals surface area contributed by atoms with Gasteiger partial charge in [0.25, 0.3) is 22.6 Å². The van der Waals surface area contributed by atoms with E-state index in [1.54, 1.807) is 87.3 Å². The van der Waals surface area contributed by atoms with Gasteiger partial charge in [0, 0.05) is 65.7 Å². The van der Waals surface area contributed by atoms with Crippen LogP contribution in [0, 0.1) is 31.3 Å². The number of carbonyl (C=O) groups excluding carboxylic acids is 3. The highest BCUT2D eigenvalue weighted by molar-refractivity contribution is 9.10. The summed E-state index contributed by atoms with van der Waals surface area (Å²) < 4.78 is 60.6. The SMILES string of the molecule is C=CCn1c(=O)c(C(=O)OCC)c(OCc2ccccc2)c2ncc(Cc3ccc(F)cc3)c(Br)c21.CCOC(=O)c1c(O)c2ncc(Cc3ccc(F)cc3)c3c(C)cn(c1=O)c23.Cc1cn2c(=O)c(C(=O)NCCO)c(O)c3ncc(Cc4ccc(F)cc4)c1c32. The van der Waals surface area contributed by atoms with Crippen molar-refractivity contribution >= 4 is 77.6 Å². The van der Waals surface area contributed by atoms with Crippen molar-refractivity contribution in [3.63, 3.8) is 0 Å². The molecule has 0 spiro atoms. The number of aromatic hydroxyl groups is 2. The number of nitrogens with one attached hydrogen (secondary N) is 1. The van der Waals surface area contributed by atoms with E-state index in [1.807, 2.05) is 44.2 Å². The number of ether oxygens (including phenoxy) is 3. The van der Waals surface area contributed by atoms with Crippen LogP contribution >= 0.6 is 15.9 Å². The number of rotatable bonds is 18. The highest BCUT2D eigenvalue weighted by Crippen LogP contribution is 2.37. The highest BCUT2D eigenvalue weighted by Gasteiger charge is 2.30. The van der Waals surface area contributed by atoms with Crippen molar-refractivity contribution in [2.75, 3.05) is 26.4 Å². The Labute approximate surface area is 536 Å². The maximum atomic E-state index is 13.6. The van der Waals surface area contributed by atoms with E-state index >= 15 is 0 Å². The van der Waals surface area contributed by atoms with Gasteiger partial charge in [0.2, 0.25) is 0 Å². The van der Waals surface area contributed by atoms with E-state index in [1.165, 1.54) is 49.8 Å². The number of esters is 2. The molecule has 0 aliphatic rings. The Bertz CT molecular complexity index is 5010. The van der Waals surface area contributed by atoms with Gasteiger partial charge in [-0.2, -0.15) is 0 Å².